The number of hydrogen-bond donors (Lipinski definition) is 2. The number of guanidine groups is 1. The molecule has 0 saturated carbocycles. The molecule has 22 heavy (non-hydrogen) atoms. The zero-order valence-corrected chi connectivity index (χ0v) is 15.9. The maximum absolute atomic E-state index is 9.26. The van der Waals surface area contributed by atoms with Gasteiger partial charge in [-0.25, -0.2) is 0 Å². The molecule has 2 N–H and O–H groups in total. The number of halogens is 1. The number of nitrogens with zero attached hydrogens (tertiary/aromatic N) is 2. The summed E-state index contributed by atoms with van der Waals surface area (Å²) in [7, 11) is 1.86. The Morgan fingerprint density at radius 1 is 1.27 bits per heavy atom. The summed E-state index contributed by atoms with van der Waals surface area (Å²) in [6.45, 7) is 5.47. The Balaban J connectivity index is 0.00000242. The van der Waals surface area contributed by atoms with Crippen molar-refractivity contribution in [2.75, 3.05) is 26.7 Å². The van der Waals surface area contributed by atoms with Crippen molar-refractivity contribution in [3.8, 4) is 5.75 Å². The predicted molar refractivity (Wildman–Crippen MR) is 103 cm³/mol. The Morgan fingerprint density at radius 2 is 1.91 bits per heavy atom. The Bertz CT molecular complexity index is 453. The molecule has 4 nitrogen and oxygen atoms in total. The van der Waals surface area contributed by atoms with Crippen molar-refractivity contribution in [2.45, 2.75) is 32.6 Å². The lowest BCUT2D eigenvalue weighted by atomic mass is 10.00. The highest BCUT2D eigenvalue weighted by Gasteiger charge is 2.18. The Kier molecular flexibility index (Phi) is 8.60. The third kappa shape index (κ3) is 6.02. The Labute approximate surface area is 151 Å². The first kappa shape index (κ1) is 19.1. The third-order valence-corrected chi connectivity index (χ3v) is 4.16. The standard InChI is InChI=1S/C17H27N3O.HI/c1-14-9-12-20(13-10-14)17(18-2)19-11-3-4-15-5-7-16(21)8-6-15;/h5-8,14,21H,3-4,9-13H2,1-2H3,(H,18,19);1H. The van der Waals surface area contributed by atoms with Crippen LogP contribution in [0.2, 0.25) is 0 Å². The molecule has 0 spiro atoms. The second-order valence-corrected chi connectivity index (χ2v) is 5.91. The van der Waals surface area contributed by atoms with Crippen LogP contribution in [0.1, 0.15) is 31.7 Å². The van der Waals surface area contributed by atoms with Gasteiger partial charge in [0.15, 0.2) is 5.96 Å². The smallest absolute Gasteiger partial charge is 0.193 e. The van der Waals surface area contributed by atoms with Gasteiger partial charge in [-0.3, -0.25) is 4.99 Å². The maximum atomic E-state index is 9.26. The summed E-state index contributed by atoms with van der Waals surface area (Å²) in [4.78, 5) is 6.75. The first-order valence-electron chi connectivity index (χ1n) is 7.92. The van der Waals surface area contributed by atoms with E-state index in [-0.39, 0.29) is 24.0 Å². The zero-order valence-electron chi connectivity index (χ0n) is 13.6. The fourth-order valence-corrected chi connectivity index (χ4v) is 2.71. The first-order chi connectivity index (χ1) is 10.2. The molecule has 1 saturated heterocycles. The van der Waals surface area contributed by atoms with E-state index in [1.807, 2.05) is 19.2 Å². The number of benzene rings is 1. The van der Waals surface area contributed by atoms with Crippen LogP contribution in [0.3, 0.4) is 0 Å². The van der Waals surface area contributed by atoms with Crippen LogP contribution in [0.5, 0.6) is 5.75 Å². The molecule has 0 radical (unpaired) electrons. The van der Waals surface area contributed by atoms with E-state index in [0.29, 0.717) is 5.75 Å². The average Bonchev–Trinajstić information content (AvgIpc) is 2.50. The molecule has 0 atom stereocenters. The van der Waals surface area contributed by atoms with Crippen molar-refractivity contribution in [1.82, 2.24) is 10.2 Å². The second kappa shape index (κ2) is 9.92. The van der Waals surface area contributed by atoms with Gasteiger partial charge in [0.25, 0.3) is 0 Å². The highest BCUT2D eigenvalue weighted by Crippen LogP contribution is 2.16. The summed E-state index contributed by atoms with van der Waals surface area (Å²) < 4.78 is 0. The summed E-state index contributed by atoms with van der Waals surface area (Å²) in [6.07, 6.45) is 4.60. The largest absolute Gasteiger partial charge is 0.508 e. The summed E-state index contributed by atoms with van der Waals surface area (Å²) in [6, 6.07) is 7.46. The molecule has 1 fully saturated rings. The van der Waals surface area contributed by atoms with Crippen LogP contribution < -0.4 is 5.32 Å². The van der Waals surface area contributed by atoms with Gasteiger partial charge in [0, 0.05) is 26.7 Å². The lowest BCUT2D eigenvalue weighted by molar-refractivity contribution is 0.273. The van der Waals surface area contributed by atoms with E-state index in [2.05, 4.69) is 22.1 Å². The van der Waals surface area contributed by atoms with Crippen molar-refractivity contribution >= 4 is 29.9 Å². The van der Waals surface area contributed by atoms with Crippen molar-refractivity contribution in [2.24, 2.45) is 10.9 Å². The van der Waals surface area contributed by atoms with Crippen LogP contribution in [0, 0.1) is 5.92 Å². The molecule has 1 aliphatic heterocycles. The van der Waals surface area contributed by atoms with Gasteiger partial charge in [0.2, 0.25) is 0 Å². The van der Waals surface area contributed by atoms with Gasteiger partial charge in [-0.05, 0) is 49.3 Å². The summed E-state index contributed by atoms with van der Waals surface area (Å²) in [5.74, 6) is 2.21. The van der Waals surface area contributed by atoms with Crippen LogP contribution >= 0.6 is 24.0 Å². The molecule has 0 aromatic heterocycles. The van der Waals surface area contributed by atoms with Crippen LogP contribution in [0.15, 0.2) is 29.3 Å². The van der Waals surface area contributed by atoms with Gasteiger partial charge in [-0.2, -0.15) is 0 Å². The maximum Gasteiger partial charge on any atom is 0.193 e. The fourth-order valence-electron chi connectivity index (χ4n) is 2.71. The molecule has 5 heteroatoms. The molecular weight excluding hydrogens is 389 g/mol. The predicted octanol–water partition coefficient (Wildman–Crippen LogP) is 3.25. The van der Waals surface area contributed by atoms with Crippen molar-refractivity contribution in [3.63, 3.8) is 0 Å². The van der Waals surface area contributed by atoms with Crippen LogP contribution in [-0.4, -0.2) is 42.6 Å². The Hall–Kier alpha value is -0.980. The Morgan fingerprint density at radius 3 is 2.50 bits per heavy atom. The monoisotopic (exact) mass is 417 g/mol. The van der Waals surface area contributed by atoms with E-state index in [1.165, 1.54) is 18.4 Å². The van der Waals surface area contributed by atoms with Gasteiger partial charge in [-0.1, -0.05) is 19.1 Å². The molecule has 0 aliphatic carbocycles. The van der Waals surface area contributed by atoms with Gasteiger partial charge < -0.3 is 15.3 Å². The normalized spacial score (nSPS) is 16.3. The number of piperidine rings is 1. The number of nitrogens with one attached hydrogen (secondary N) is 1. The lowest BCUT2D eigenvalue weighted by Gasteiger charge is -2.32. The minimum Gasteiger partial charge on any atom is -0.508 e. The van der Waals surface area contributed by atoms with Crippen molar-refractivity contribution in [1.29, 1.82) is 0 Å². The summed E-state index contributed by atoms with van der Waals surface area (Å²) >= 11 is 0. The number of rotatable bonds is 4. The number of phenols is 1. The van der Waals surface area contributed by atoms with E-state index in [4.69, 9.17) is 0 Å². The first-order valence-corrected chi connectivity index (χ1v) is 7.92. The van der Waals surface area contributed by atoms with Gasteiger partial charge in [-0.15, -0.1) is 24.0 Å². The minimum atomic E-state index is 0. The summed E-state index contributed by atoms with van der Waals surface area (Å²) in [5.41, 5.74) is 1.26. The quantitative estimate of drug-likeness (QED) is 0.342. The average molecular weight is 417 g/mol. The van der Waals surface area contributed by atoms with Crippen LogP contribution in [0.25, 0.3) is 0 Å². The molecule has 0 amide bonds. The highest BCUT2D eigenvalue weighted by molar-refractivity contribution is 14.0. The van der Waals surface area contributed by atoms with Crippen molar-refractivity contribution in [3.05, 3.63) is 29.8 Å². The highest BCUT2D eigenvalue weighted by atomic mass is 127. The molecule has 1 aromatic rings. The number of phenolic OH excluding ortho intramolecular Hbond substituents is 1. The molecular formula is C17H28IN3O. The van der Waals surface area contributed by atoms with E-state index >= 15 is 0 Å². The minimum absolute atomic E-state index is 0. The van der Waals surface area contributed by atoms with E-state index in [9.17, 15) is 5.11 Å². The summed E-state index contributed by atoms with van der Waals surface area (Å²) in [5, 5.41) is 12.7. The van der Waals surface area contributed by atoms with Gasteiger partial charge in [0.1, 0.15) is 5.75 Å². The number of aromatic hydroxyl groups is 1. The van der Waals surface area contributed by atoms with Crippen molar-refractivity contribution < 1.29 is 5.11 Å². The molecule has 0 unspecified atom stereocenters. The second-order valence-electron chi connectivity index (χ2n) is 5.91. The number of aliphatic imine (C=N–C) groups is 1. The molecule has 2 rings (SSSR count). The third-order valence-electron chi connectivity index (χ3n) is 4.16. The molecule has 0 bridgehead atoms. The van der Waals surface area contributed by atoms with Crippen LogP contribution in [0.4, 0.5) is 0 Å². The number of aryl methyl sites for hydroxylation is 1. The van der Waals surface area contributed by atoms with E-state index < -0.39 is 0 Å². The topological polar surface area (TPSA) is 47.9 Å². The SMILES string of the molecule is CN=C(NCCCc1ccc(O)cc1)N1CCC(C)CC1.I. The van der Waals surface area contributed by atoms with Gasteiger partial charge in [0.05, 0.1) is 0 Å². The van der Waals surface area contributed by atoms with Crippen LogP contribution in [-0.2, 0) is 6.42 Å². The molecule has 1 aromatic carbocycles. The molecule has 1 aliphatic rings. The fraction of sp³-hybridized carbons (Fsp3) is 0.588. The van der Waals surface area contributed by atoms with E-state index in [1.54, 1.807) is 12.1 Å². The molecule has 124 valence electrons. The van der Waals surface area contributed by atoms with E-state index in [0.717, 1.165) is 44.4 Å². The molecule has 1 heterocycles. The van der Waals surface area contributed by atoms with Gasteiger partial charge >= 0.3 is 0 Å². The number of likely N-dealkylation sites (tertiary alicyclic amines) is 1. The number of hydrogen-bond acceptors (Lipinski definition) is 2. The zero-order chi connectivity index (χ0) is 15.1. The lowest BCUT2D eigenvalue weighted by Crippen LogP contribution is -2.45.